The van der Waals surface area contributed by atoms with Crippen LogP contribution in [-0.4, -0.2) is 14.9 Å². The molecule has 0 unspecified atom stereocenters. The molecule has 0 radical (unpaired) electrons. The third kappa shape index (κ3) is 1.63. The summed E-state index contributed by atoms with van der Waals surface area (Å²) in [7, 11) is 0. The summed E-state index contributed by atoms with van der Waals surface area (Å²) in [6, 6.07) is 2.87. The van der Waals surface area contributed by atoms with E-state index in [0.29, 0.717) is 22.3 Å². The normalized spacial score (nSPS) is 10.8. The summed E-state index contributed by atoms with van der Waals surface area (Å²) in [5.74, 6) is -0.451. The van der Waals surface area contributed by atoms with E-state index in [1.807, 2.05) is 0 Å². The number of nitrogen functional groups attached to an aromatic ring is 3. The third-order valence-electron chi connectivity index (χ3n) is 2.64. The molecule has 18 heavy (non-hydrogen) atoms. The molecule has 96 valence electrons. The lowest BCUT2D eigenvalue weighted by Gasteiger charge is -2.13. The van der Waals surface area contributed by atoms with E-state index in [9.17, 15) is 5.11 Å². The lowest BCUT2D eigenvalue weighted by molar-refractivity contribution is -0.136. The molecule has 0 saturated heterocycles. The van der Waals surface area contributed by atoms with Gasteiger partial charge in [-0.2, -0.15) is 0 Å². The van der Waals surface area contributed by atoms with Gasteiger partial charge in [0.15, 0.2) is 11.5 Å². The maximum absolute atomic E-state index is 9.92. The molecule has 9 N–H and O–H groups in total. The summed E-state index contributed by atoms with van der Waals surface area (Å²) in [5, 5.41) is 19.2. The molecule has 2 aromatic rings. The number of hydrogen-bond donors (Lipinski definition) is 6. The Kier molecular flexibility index (Phi) is 2.99. The van der Waals surface area contributed by atoms with Crippen molar-refractivity contribution in [3.63, 3.8) is 0 Å². The molecule has 0 bridgehead atoms. The first-order valence-electron chi connectivity index (χ1n) is 4.77. The first kappa shape index (κ1) is 12.4. The van der Waals surface area contributed by atoms with Gasteiger partial charge in [-0.1, -0.05) is 0 Å². The maximum atomic E-state index is 9.92. The van der Waals surface area contributed by atoms with E-state index in [1.54, 1.807) is 0 Å². The molecule has 7 nitrogen and oxygen atoms in total. The molecular weight excluding hydrogens is 258 g/mol. The number of fused-ring (bicyclic) bond motifs is 1. The van der Waals surface area contributed by atoms with E-state index in [-0.39, 0.29) is 33.9 Å². The average Bonchev–Trinajstić information content (AvgIpc) is 2.37. The second kappa shape index (κ2) is 4.33. The minimum Gasteiger partial charge on any atom is -0.505 e. The zero-order valence-electron chi connectivity index (χ0n) is 9.04. The van der Waals surface area contributed by atoms with Crippen molar-refractivity contribution in [1.82, 2.24) is 0 Å². The van der Waals surface area contributed by atoms with Crippen molar-refractivity contribution in [2.45, 2.75) is 4.90 Å². The van der Waals surface area contributed by atoms with Crippen molar-refractivity contribution < 1.29 is 19.8 Å². The van der Waals surface area contributed by atoms with Crippen molar-refractivity contribution in [3.05, 3.63) is 12.1 Å². The summed E-state index contributed by atoms with van der Waals surface area (Å²) in [4.78, 5) is 4.38. The van der Waals surface area contributed by atoms with E-state index in [4.69, 9.17) is 27.0 Å². The third-order valence-corrected chi connectivity index (χ3v) is 3.18. The molecule has 0 aliphatic heterocycles. The van der Waals surface area contributed by atoms with Crippen molar-refractivity contribution in [2.24, 2.45) is 0 Å². The Labute approximate surface area is 106 Å². The van der Waals surface area contributed by atoms with Crippen LogP contribution in [0.2, 0.25) is 0 Å². The molecule has 0 spiro atoms. The van der Waals surface area contributed by atoms with Crippen molar-refractivity contribution in [3.8, 4) is 11.5 Å². The first-order valence-corrected chi connectivity index (χ1v) is 5.54. The van der Waals surface area contributed by atoms with E-state index in [0.717, 1.165) is 0 Å². The Balaban J connectivity index is 2.93. The van der Waals surface area contributed by atoms with Crippen molar-refractivity contribution >= 4 is 39.9 Å². The van der Waals surface area contributed by atoms with Crippen LogP contribution in [0.25, 0.3) is 10.8 Å². The number of nitrogens with two attached hydrogens (primary N) is 3. The van der Waals surface area contributed by atoms with Crippen LogP contribution in [0.4, 0.5) is 17.1 Å². The molecule has 2 rings (SSSR count). The highest BCUT2D eigenvalue weighted by Crippen LogP contribution is 2.45. The van der Waals surface area contributed by atoms with Crippen LogP contribution >= 0.6 is 12.0 Å². The van der Waals surface area contributed by atoms with Gasteiger partial charge >= 0.3 is 0 Å². The monoisotopic (exact) mass is 269 g/mol. The number of aromatic hydroxyl groups is 1. The van der Waals surface area contributed by atoms with Crippen LogP contribution in [0, 0.1) is 0 Å². The quantitative estimate of drug-likeness (QED) is 0.159. The second-order valence-electron chi connectivity index (χ2n) is 3.62. The fraction of sp³-hybridized carbons (Fsp3) is 0. The number of benzene rings is 2. The predicted octanol–water partition coefficient (Wildman–Crippen LogP) is 1.71. The minimum absolute atomic E-state index is 0.0951. The SMILES string of the molecule is Nc1c(SO)cc2cc(OO)c(N)c(O)c2c1N. The number of phenols is 1. The first-order chi connectivity index (χ1) is 8.51. The Bertz CT molecular complexity index is 582. The Morgan fingerprint density at radius 2 is 1.72 bits per heavy atom. The molecule has 0 aliphatic carbocycles. The summed E-state index contributed by atoms with van der Waals surface area (Å²) in [6.45, 7) is 0. The van der Waals surface area contributed by atoms with Crippen molar-refractivity contribution in [1.29, 1.82) is 0 Å². The molecular formula is C10H11N3O4S. The summed E-state index contributed by atoms with van der Waals surface area (Å²) < 4.78 is 9.07. The van der Waals surface area contributed by atoms with E-state index in [2.05, 4.69) is 4.89 Å². The fourth-order valence-electron chi connectivity index (χ4n) is 1.71. The van der Waals surface area contributed by atoms with Gasteiger partial charge < -0.3 is 31.7 Å². The standard InChI is InChI=1S/C10H11N3O4S/c11-7-4(17-15)1-3-2-5(18-16)8(12)9(13)6(3)10(7)14/h1-2,14-16H,11-13H2. The Morgan fingerprint density at radius 1 is 1.06 bits per heavy atom. The molecule has 0 fully saturated rings. The Hall–Kier alpha value is -2.03. The van der Waals surface area contributed by atoms with Gasteiger partial charge in [0.05, 0.1) is 21.7 Å². The largest absolute Gasteiger partial charge is 0.505 e. The van der Waals surface area contributed by atoms with Gasteiger partial charge in [0.25, 0.3) is 0 Å². The van der Waals surface area contributed by atoms with Crippen molar-refractivity contribution in [2.75, 3.05) is 17.2 Å². The summed E-state index contributed by atoms with van der Waals surface area (Å²) in [6.07, 6.45) is 0. The molecule has 0 aliphatic rings. The minimum atomic E-state index is -0.338. The highest BCUT2D eigenvalue weighted by atomic mass is 32.2. The van der Waals surface area contributed by atoms with Gasteiger partial charge in [0, 0.05) is 12.0 Å². The summed E-state index contributed by atoms with van der Waals surface area (Å²) in [5.41, 5.74) is 17.1. The second-order valence-corrected chi connectivity index (χ2v) is 4.24. The van der Waals surface area contributed by atoms with Gasteiger partial charge in [-0.05, 0) is 17.5 Å². The maximum Gasteiger partial charge on any atom is 0.192 e. The van der Waals surface area contributed by atoms with E-state index in [1.165, 1.54) is 12.1 Å². The lowest BCUT2D eigenvalue weighted by Crippen LogP contribution is -2.00. The van der Waals surface area contributed by atoms with E-state index < -0.39 is 0 Å². The molecule has 0 atom stereocenters. The highest BCUT2D eigenvalue weighted by Gasteiger charge is 2.17. The fourth-order valence-corrected chi connectivity index (χ4v) is 2.10. The van der Waals surface area contributed by atoms with Gasteiger partial charge in [-0.15, -0.1) is 0 Å². The number of phenolic OH excluding ortho intramolecular Hbond substituents is 1. The molecule has 2 aromatic carbocycles. The molecule has 0 amide bonds. The van der Waals surface area contributed by atoms with Crippen LogP contribution in [0.3, 0.4) is 0 Å². The van der Waals surface area contributed by atoms with Crippen LogP contribution in [0.5, 0.6) is 11.5 Å². The number of anilines is 3. The summed E-state index contributed by atoms with van der Waals surface area (Å²) >= 11 is 0.427. The number of rotatable bonds is 2. The smallest absolute Gasteiger partial charge is 0.192 e. The lowest BCUT2D eigenvalue weighted by atomic mass is 10.0. The Morgan fingerprint density at radius 3 is 2.28 bits per heavy atom. The van der Waals surface area contributed by atoms with Gasteiger partial charge in [-0.3, -0.25) is 0 Å². The highest BCUT2D eigenvalue weighted by molar-refractivity contribution is 7.94. The molecule has 8 heteroatoms. The van der Waals surface area contributed by atoms with Gasteiger partial charge in [0.1, 0.15) is 5.69 Å². The topological polar surface area (TPSA) is 148 Å². The van der Waals surface area contributed by atoms with Gasteiger partial charge in [-0.25, -0.2) is 5.26 Å². The van der Waals surface area contributed by atoms with E-state index >= 15 is 0 Å². The molecule has 0 aromatic heterocycles. The zero-order chi connectivity index (χ0) is 13.4. The number of hydrogen-bond acceptors (Lipinski definition) is 8. The van der Waals surface area contributed by atoms with Crippen LogP contribution in [-0.2, 0) is 0 Å². The van der Waals surface area contributed by atoms with Crippen LogP contribution in [0.1, 0.15) is 0 Å². The zero-order valence-corrected chi connectivity index (χ0v) is 9.86. The molecule has 0 saturated carbocycles. The molecule has 0 heterocycles. The van der Waals surface area contributed by atoms with Gasteiger partial charge in [0.2, 0.25) is 0 Å². The predicted molar refractivity (Wildman–Crippen MR) is 70.6 cm³/mol. The average molecular weight is 269 g/mol. The van der Waals surface area contributed by atoms with Crippen LogP contribution < -0.4 is 22.1 Å². The van der Waals surface area contributed by atoms with Crippen LogP contribution in [0.15, 0.2) is 17.0 Å².